The van der Waals surface area contributed by atoms with Crippen molar-refractivity contribution in [2.75, 3.05) is 0 Å². The molecule has 1 nitrogen and oxygen atoms in total. The number of ketones is 1. The summed E-state index contributed by atoms with van der Waals surface area (Å²) < 4.78 is 0. The number of hydrogen-bond donors (Lipinski definition) is 0. The van der Waals surface area contributed by atoms with Crippen LogP contribution in [0, 0.1) is 17.8 Å². The predicted octanol–water partition coefficient (Wildman–Crippen LogP) is 3.41. The maximum absolute atomic E-state index is 12.1. The van der Waals surface area contributed by atoms with Crippen LogP contribution in [0.3, 0.4) is 0 Å². The minimum Gasteiger partial charge on any atom is -0.299 e. The smallest absolute Gasteiger partial charge is 0.140 e. The molecule has 1 aromatic carbocycles. The van der Waals surface area contributed by atoms with Crippen molar-refractivity contribution in [2.45, 2.75) is 39.0 Å². The average molecular weight is 228 g/mol. The van der Waals surface area contributed by atoms with Crippen LogP contribution in [0.5, 0.6) is 0 Å². The SMILES string of the molecule is CCc1ccc(CC(=O)C2C3CCCC32)cc1. The Morgan fingerprint density at radius 3 is 2.29 bits per heavy atom. The predicted molar refractivity (Wildman–Crippen MR) is 68.9 cm³/mol. The van der Waals surface area contributed by atoms with Crippen LogP contribution >= 0.6 is 0 Å². The lowest BCUT2D eigenvalue weighted by molar-refractivity contribution is -0.120. The maximum Gasteiger partial charge on any atom is 0.140 e. The van der Waals surface area contributed by atoms with Crippen molar-refractivity contribution in [1.82, 2.24) is 0 Å². The minimum atomic E-state index is 0.426. The Hall–Kier alpha value is -1.11. The number of benzene rings is 1. The van der Waals surface area contributed by atoms with Gasteiger partial charge in [0.15, 0.2) is 0 Å². The van der Waals surface area contributed by atoms with Gasteiger partial charge in [0.2, 0.25) is 0 Å². The molecular formula is C16H20O. The number of Topliss-reactive ketones (excluding diaryl/α,β-unsaturated/α-hetero) is 1. The van der Waals surface area contributed by atoms with Crippen LogP contribution in [0.2, 0.25) is 0 Å². The minimum absolute atomic E-state index is 0.426. The van der Waals surface area contributed by atoms with E-state index in [0.717, 1.165) is 18.3 Å². The zero-order valence-corrected chi connectivity index (χ0v) is 10.5. The van der Waals surface area contributed by atoms with Gasteiger partial charge in [0.25, 0.3) is 0 Å². The number of aryl methyl sites for hydroxylation is 1. The van der Waals surface area contributed by atoms with E-state index in [4.69, 9.17) is 0 Å². The highest BCUT2D eigenvalue weighted by atomic mass is 16.1. The van der Waals surface area contributed by atoms with Gasteiger partial charge >= 0.3 is 0 Å². The van der Waals surface area contributed by atoms with E-state index in [9.17, 15) is 4.79 Å². The molecule has 2 fully saturated rings. The van der Waals surface area contributed by atoms with Gasteiger partial charge in [-0.1, -0.05) is 37.6 Å². The van der Waals surface area contributed by atoms with Crippen LogP contribution in [0.4, 0.5) is 0 Å². The molecule has 17 heavy (non-hydrogen) atoms. The molecular weight excluding hydrogens is 208 g/mol. The zero-order valence-electron chi connectivity index (χ0n) is 10.5. The molecule has 2 atom stereocenters. The number of fused-ring (bicyclic) bond motifs is 1. The van der Waals surface area contributed by atoms with E-state index in [1.807, 2.05) is 0 Å². The highest BCUT2D eigenvalue weighted by Gasteiger charge is 2.55. The summed E-state index contributed by atoms with van der Waals surface area (Å²) in [4.78, 5) is 12.1. The van der Waals surface area contributed by atoms with E-state index < -0.39 is 0 Å². The molecule has 0 N–H and O–H groups in total. The molecule has 2 unspecified atom stereocenters. The maximum atomic E-state index is 12.1. The van der Waals surface area contributed by atoms with Crippen molar-refractivity contribution in [3.63, 3.8) is 0 Å². The Balaban J connectivity index is 1.61. The highest BCUT2D eigenvalue weighted by molar-refractivity contribution is 5.86. The topological polar surface area (TPSA) is 17.1 Å². The number of hydrogen-bond acceptors (Lipinski definition) is 1. The molecule has 0 heterocycles. The summed E-state index contributed by atoms with van der Waals surface area (Å²) in [6.45, 7) is 2.16. The quantitative estimate of drug-likeness (QED) is 0.772. The summed E-state index contributed by atoms with van der Waals surface area (Å²) in [6, 6.07) is 8.54. The van der Waals surface area contributed by atoms with Gasteiger partial charge in [-0.2, -0.15) is 0 Å². The Morgan fingerprint density at radius 2 is 1.71 bits per heavy atom. The number of carbonyl (C=O) groups is 1. The molecule has 0 amide bonds. The van der Waals surface area contributed by atoms with Crippen molar-refractivity contribution < 1.29 is 4.79 Å². The molecule has 1 aromatic rings. The van der Waals surface area contributed by atoms with Crippen LogP contribution in [0.15, 0.2) is 24.3 Å². The van der Waals surface area contributed by atoms with Crippen molar-refractivity contribution >= 4 is 5.78 Å². The normalized spacial score (nSPS) is 30.1. The third-order valence-corrected chi connectivity index (χ3v) is 4.59. The summed E-state index contributed by atoms with van der Waals surface area (Å²) in [7, 11) is 0. The molecule has 1 heteroatoms. The summed E-state index contributed by atoms with van der Waals surface area (Å²) in [6.07, 6.45) is 5.68. The Morgan fingerprint density at radius 1 is 1.12 bits per heavy atom. The van der Waals surface area contributed by atoms with E-state index in [0.29, 0.717) is 18.1 Å². The van der Waals surface area contributed by atoms with Crippen molar-refractivity contribution in [3.05, 3.63) is 35.4 Å². The molecule has 0 spiro atoms. The molecule has 0 aliphatic heterocycles. The summed E-state index contributed by atoms with van der Waals surface area (Å²) >= 11 is 0. The first-order valence-corrected chi connectivity index (χ1v) is 6.90. The van der Waals surface area contributed by atoms with Gasteiger partial charge < -0.3 is 0 Å². The molecule has 3 rings (SSSR count). The van der Waals surface area contributed by atoms with E-state index in [2.05, 4.69) is 31.2 Å². The molecule has 2 aliphatic carbocycles. The Labute approximate surface area is 103 Å². The molecule has 2 aliphatic rings. The molecule has 0 aromatic heterocycles. The molecule has 90 valence electrons. The largest absolute Gasteiger partial charge is 0.299 e. The third-order valence-electron chi connectivity index (χ3n) is 4.59. The standard InChI is InChI=1S/C16H20O/c1-2-11-6-8-12(9-7-11)10-15(17)16-13-4-3-5-14(13)16/h6-9,13-14,16H,2-5,10H2,1H3. The van der Waals surface area contributed by atoms with Gasteiger partial charge in [0.1, 0.15) is 5.78 Å². The molecule has 0 saturated heterocycles. The lowest BCUT2D eigenvalue weighted by Gasteiger charge is -2.04. The van der Waals surface area contributed by atoms with Gasteiger partial charge in [-0.15, -0.1) is 0 Å². The van der Waals surface area contributed by atoms with Crippen molar-refractivity contribution in [1.29, 1.82) is 0 Å². The van der Waals surface area contributed by atoms with E-state index in [1.165, 1.54) is 30.4 Å². The van der Waals surface area contributed by atoms with Crippen LogP contribution in [-0.4, -0.2) is 5.78 Å². The lowest BCUT2D eigenvalue weighted by atomic mass is 10.00. The summed E-state index contributed by atoms with van der Waals surface area (Å²) in [5.74, 6) is 2.44. The fourth-order valence-corrected chi connectivity index (χ4v) is 3.51. The van der Waals surface area contributed by atoms with Gasteiger partial charge in [-0.3, -0.25) is 4.79 Å². The van der Waals surface area contributed by atoms with Crippen LogP contribution in [-0.2, 0) is 17.6 Å². The monoisotopic (exact) mass is 228 g/mol. The second kappa shape index (κ2) is 4.29. The van der Waals surface area contributed by atoms with Crippen molar-refractivity contribution in [3.8, 4) is 0 Å². The van der Waals surface area contributed by atoms with Crippen LogP contribution in [0.25, 0.3) is 0 Å². The Kier molecular flexibility index (Phi) is 2.78. The number of carbonyl (C=O) groups excluding carboxylic acids is 1. The lowest BCUT2D eigenvalue weighted by Crippen LogP contribution is -2.09. The summed E-state index contributed by atoms with van der Waals surface area (Å²) in [5.41, 5.74) is 2.54. The molecule has 2 saturated carbocycles. The fraction of sp³-hybridized carbons (Fsp3) is 0.562. The van der Waals surface area contributed by atoms with E-state index >= 15 is 0 Å². The first-order chi connectivity index (χ1) is 8.29. The van der Waals surface area contributed by atoms with Gasteiger partial charge in [-0.25, -0.2) is 0 Å². The summed E-state index contributed by atoms with van der Waals surface area (Å²) in [5, 5.41) is 0. The van der Waals surface area contributed by atoms with Crippen LogP contribution in [0.1, 0.15) is 37.3 Å². The number of rotatable bonds is 4. The Bertz CT molecular complexity index is 408. The second-order valence-electron chi connectivity index (χ2n) is 5.60. The van der Waals surface area contributed by atoms with Gasteiger partial charge in [0.05, 0.1) is 0 Å². The van der Waals surface area contributed by atoms with Gasteiger partial charge in [-0.05, 0) is 42.2 Å². The fourth-order valence-electron chi connectivity index (χ4n) is 3.51. The average Bonchev–Trinajstić information content (AvgIpc) is 2.85. The van der Waals surface area contributed by atoms with E-state index in [1.54, 1.807) is 0 Å². The van der Waals surface area contributed by atoms with E-state index in [-0.39, 0.29) is 0 Å². The van der Waals surface area contributed by atoms with Gasteiger partial charge in [0, 0.05) is 12.3 Å². The highest BCUT2D eigenvalue weighted by Crippen LogP contribution is 2.58. The van der Waals surface area contributed by atoms with Crippen LogP contribution < -0.4 is 0 Å². The first kappa shape index (κ1) is 11.0. The first-order valence-electron chi connectivity index (χ1n) is 6.90. The zero-order chi connectivity index (χ0) is 11.8. The van der Waals surface area contributed by atoms with Crippen molar-refractivity contribution in [2.24, 2.45) is 17.8 Å². The third kappa shape index (κ3) is 2.03. The second-order valence-corrected chi connectivity index (χ2v) is 5.60. The molecule has 0 bridgehead atoms. The molecule has 0 radical (unpaired) electrons.